The van der Waals surface area contributed by atoms with Gasteiger partial charge in [0, 0.05) is 6.07 Å². The minimum Gasteiger partial charge on any atom is -0.465 e. The van der Waals surface area contributed by atoms with Crippen LogP contribution in [0.3, 0.4) is 0 Å². The van der Waals surface area contributed by atoms with Gasteiger partial charge >= 0.3 is 11.9 Å². The second-order valence-corrected chi connectivity index (χ2v) is 7.92. The SMILES string of the molecule is COC(=O)c1ccc(/C=C2\Oc3cc(OC(=O)C4CCCCC4)cc(C)c3C2=O)cc1. The number of Topliss-reactive ketones (excluding diaryl/α,β-unsaturated/α-hetero) is 1. The Morgan fingerprint density at radius 1 is 1.06 bits per heavy atom. The third-order valence-electron chi connectivity index (χ3n) is 5.73. The van der Waals surface area contributed by atoms with Crippen molar-refractivity contribution in [3.63, 3.8) is 0 Å². The number of allylic oxidation sites excluding steroid dienone is 1. The quantitative estimate of drug-likeness (QED) is 0.398. The molecule has 0 bridgehead atoms. The van der Waals surface area contributed by atoms with Crippen molar-refractivity contribution < 1.29 is 28.6 Å². The minimum atomic E-state index is -0.425. The summed E-state index contributed by atoms with van der Waals surface area (Å²) < 4.78 is 16.1. The highest BCUT2D eigenvalue weighted by molar-refractivity contribution is 6.15. The van der Waals surface area contributed by atoms with E-state index in [9.17, 15) is 14.4 Å². The van der Waals surface area contributed by atoms with Gasteiger partial charge in [-0.3, -0.25) is 9.59 Å². The average Bonchev–Trinajstić information content (AvgIpc) is 3.09. The van der Waals surface area contributed by atoms with E-state index in [-0.39, 0.29) is 23.4 Å². The Balaban J connectivity index is 1.53. The van der Waals surface area contributed by atoms with E-state index in [0.717, 1.165) is 32.1 Å². The molecule has 0 amide bonds. The Kier molecular flexibility index (Phi) is 5.89. The third-order valence-corrected chi connectivity index (χ3v) is 5.73. The summed E-state index contributed by atoms with van der Waals surface area (Å²) in [6, 6.07) is 9.97. The number of fused-ring (bicyclic) bond motifs is 1. The molecule has 1 aliphatic carbocycles. The Hall–Kier alpha value is -3.41. The molecule has 0 atom stereocenters. The van der Waals surface area contributed by atoms with Crippen molar-refractivity contribution in [2.75, 3.05) is 7.11 Å². The molecule has 0 radical (unpaired) electrons. The predicted molar refractivity (Wildman–Crippen MR) is 114 cm³/mol. The van der Waals surface area contributed by atoms with Gasteiger partial charge in [-0.2, -0.15) is 0 Å². The highest BCUT2D eigenvalue weighted by Crippen LogP contribution is 2.38. The first kappa shape index (κ1) is 20.8. The maximum absolute atomic E-state index is 12.8. The van der Waals surface area contributed by atoms with Crippen LogP contribution in [-0.2, 0) is 9.53 Å². The lowest BCUT2D eigenvalue weighted by atomic mass is 9.89. The van der Waals surface area contributed by atoms with E-state index in [2.05, 4.69) is 0 Å². The largest absolute Gasteiger partial charge is 0.465 e. The number of rotatable bonds is 4. The molecule has 1 heterocycles. The van der Waals surface area contributed by atoms with Crippen LogP contribution in [0.25, 0.3) is 6.08 Å². The molecule has 0 aromatic heterocycles. The van der Waals surface area contributed by atoms with Gasteiger partial charge in [-0.05, 0) is 55.2 Å². The zero-order chi connectivity index (χ0) is 22.0. The van der Waals surface area contributed by atoms with Crippen molar-refractivity contribution >= 4 is 23.8 Å². The van der Waals surface area contributed by atoms with E-state index in [4.69, 9.17) is 14.2 Å². The van der Waals surface area contributed by atoms with Crippen LogP contribution in [0.5, 0.6) is 11.5 Å². The van der Waals surface area contributed by atoms with Gasteiger partial charge in [0.05, 0.1) is 24.2 Å². The van der Waals surface area contributed by atoms with Crippen LogP contribution in [0.4, 0.5) is 0 Å². The molecule has 1 fully saturated rings. The molecular weight excluding hydrogens is 396 g/mol. The van der Waals surface area contributed by atoms with E-state index < -0.39 is 5.97 Å². The molecule has 4 rings (SSSR count). The van der Waals surface area contributed by atoms with Crippen molar-refractivity contribution in [3.05, 3.63) is 64.4 Å². The lowest BCUT2D eigenvalue weighted by Gasteiger charge is -2.20. The molecule has 31 heavy (non-hydrogen) atoms. The average molecular weight is 420 g/mol. The van der Waals surface area contributed by atoms with Gasteiger partial charge < -0.3 is 14.2 Å². The van der Waals surface area contributed by atoms with Gasteiger partial charge in [0.25, 0.3) is 0 Å². The minimum absolute atomic E-state index is 0.0618. The fourth-order valence-corrected chi connectivity index (χ4v) is 4.06. The number of ether oxygens (including phenoxy) is 3. The number of carbonyl (C=O) groups excluding carboxylic acids is 3. The molecule has 1 saturated carbocycles. The summed E-state index contributed by atoms with van der Waals surface area (Å²) >= 11 is 0. The Morgan fingerprint density at radius 2 is 1.77 bits per heavy atom. The first-order valence-corrected chi connectivity index (χ1v) is 10.4. The van der Waals surface area contributed by atoms with Crippen molar-refractivity contribution in [2.45, 2.75) is 39.0 Å². The van der Waals surface area contributed by atoms with Gasteiger partial charge in [0.15, 0.2) is 5.76 Å². The maximum Gasteiger partial charge on any atom is 0.337 e. The van der Waals surface area contributed by atoms with Crippen molar-refractivity contribution in [1.29, 1.82) is 0 Å². The van der Waals surface area contributed by atoms with Crippen LogP contribution in [-0.4, -0.2) is 24.8 Å². The number of esters is 2. The molecule has 0 unspecified atom stereocenters. The molecule has 2 aromatic rings. The number of aryl methyl sites for hydroxylation is 1. The van der Waals surface area contributed by atoms with Crippen molar-refractivity contribution in [3.8, 4) is 11.5 Å². The number of ketones is 1. The topological polar surface area (TPSA) is 78.9 Å². The van der Waals surface area contributed by atoms with Crippen LogP contribution in [0, 0.1) is 12.8 Å². The fraction of sp³-hybridized carbons (Fsp3) is 0.320. The summed E-state index contributed by atoms with van der Waals surface area (Å²) in [6.07, 6.45) is 6.61. The van der Waals surface area contributed by atoms with Crippen LogP contribution >= 0.6 is 0 Å². The molecule has 1 aliphatic heterocycles. The number of carbonyl (C=O) groups is 3. The number of methoxy groups -OCH3 is 1. The Labute approximate surface area is 180 Å². The van der Waals surface area contributed by atoms with Gasteiger partial charge in [-0.15, -0.1) is 0 Å². The lowest BCUT2D eigenvalue weighted by Crippen LogP contribution is -2.22. The molecule has 0 spiro atoms. The van der Waals surface area contributed by atoms with E-state index in [1.807, 2.05) is 0 Å². The molecule has 6 nitrogen and oxygen atoms in total. The fourth-order valence-electron chi connectivity index (χ4n) is 4.06. The van der Waals surface area contributed by atoms with Gasteiger partial charge in [0.2, 0.25) is 5.78 Å². The molecular formula is C25H24O6. The molecule has 0 saturated heterocycles. The number of benzene rings is 2. The third kappa shape index (κ3) is 4.38. The zero-order valence-electron chi connectivity index (χ0n) is 17.6. The van der Waals surface area contributed by atoms with E-state index in [0.29, 0.717) is 33.8 Å². The summed E-state index contributed by atoms with van der Waals surface area (Å²) in [5.74, 6) is 0.0235. The zero-order valence-corrected chi connectivity index (χ0v) is 17.6. The highest BCUT2D eigenvalue weighted by Gasteiger charge is 2.31. The van der Waals surface area contributed by atoms with Gasteiger partial charge in [-0.1, -0.05) is 31.4 Å². The molecule has 2 aromatic carbocycles. The molecule has 6 heteroatoms. The van der Waals surface area contributed by atoms with Gasteiger partial charge in [0.1, 0.15) is 11.5 Å². The highest BCUT2D eigenvalue weighted by atomic mass is 16.5. The summed E-state index contributed by atoms with van der Waals surface area (Å²) in [4.78, 5) is 36.9. The van der Waals surface area contributed by atoms with Gasteiger partial charge in [-0.25, -0.2) is 4.79 Å². The maximum atomic E-state index is 12.8. The second kappa shape index (κ2) is 8.76. The monoisotopic (exact) mass is 420 g/mol. The predicted octanol–water partition coefficient (Wildman–Crippen LogP) is 4.88. The van der Waals surface area contributed by atoms with Crippen molar-refractivity contribution in [1.82, 2.24) is 0 Å². The Morgan fingerprint density at radius 3 is 2.45 bits per heavy atom. The van der Waals surface area contributed by atoms with E-state index in [1.165, 1.54) is 7.11 Å². The van der Waals surface area contributed by atoms with Crippen molar-refractivity contribution in [2.24, 2.45) is 5.92 Å². The first-order valence-electron chi connectivity index (χ1n) is 10.4. The summed E-state index contributed by atoms with van der Waals surface area (Å²) in [5.41, 5.74) is 2.30. The van der Waals surface area contributed by atoms with Crippen LogP contribution in [0.15, 0.2) is 42.2 Å². The molecule has 2 aliphatic rings. The Bertz CT molecular complexity index is 1060. The lowest BCUT2D eigenvalue weighted by molar-refractivity contribution is -0.139. The van der Waals surface area contributed by atoms with Crippen LogP contribution in [0.2, 0.25) is 0 Å². The summed E-state index contributed by atoms with van der Waals surface area (Å²) in [6.45, 7) is 1.80. The molecule has 160 valence electrons. The molecule has 0 N–H and O–H groups in total. The van der Waals surface area contributed by atoms with E-state index >= 15 is 0 Å². The second-order valence-electron chi connectivity index (χ2n) is 7.92. The summed E-state index contributed by atoms with van der Waals surface area (Å²) in [7, 11) is 1.32. The number of hydrogen-bond acceptors (Lipinski definition) is 6. The summed E-state index contributed by atoms with van der Waals surface area (Å²) in [5, 5.41) is 0. The first-order chi connectivity index (χ1) is 15.0. The van der Waals surface area contributed by atoms with Crippen LogP contribution in [0.1, 0.15) is 63.9 Å². The van der Waals surface area contributed by atoms with Crippen LogP contribution < -0.4 is 9.47 Å². The standard InChI is InChI=1S/C25H24O6/c1-15-12-19(30-25(28)17-6-4-3-5-7-17)14-20-22(15)23(26)21(31-20)13-16-8-10-18(11-9-16)24(27)29-2/h8-14,17H,3-7H2,1-2H3/b21-13-. The number of hydrogen-bond donors (Lipinski definition) is 0. The smallest absolute Gasteiger partial charge is 0.337 e. The normalized spacial score (nSPS) is 17.2. The van der Waals surface area contributed by atoms with E-state index in [1.54, 1.807) is 49.4 Å².